The smallest absolute Gasteiger partial charge is 0.232 e. The van der Waals surface area contributed by atoms with E-state index in [4.69, 9.17) is 0 Å². The third-order valence-corrected chi connectivity index (χ3v) is 4.23. The molecular weight excluding hydrogens is 293 g/mol. The maximum Gasteiger partial charge on any atom is 0.232 e. The summed E-state index contributed by atoms with van der Waals surface area (Å²) >= 11 is 0. The predicted octanol–water partition coefficient (Wildman–Crippen LogP) is 1.99. The fourth-order valence-corrected chi connectivity index (χ4v) is 2.80. The fraction of sp³-hybridized carbons (Fsp3) is 0.500. The summed E-state index contributed by atoms with van der Waals surface area (Å²) in [6, 6.07) is 1.71. The summed E-state index contributed by atoms with van der Waals surface area (Å²) in [4.78, 5) is 0. The van der Waals surface area contributed by atoms with E-state index < -0.39 is 27.5 Å². The molecule has 2 N–H and O–H groups in total. The van der Waals surface area contributed by atoms with Gasteiger partial charge in [-0.15, -0.1) is 0 Å². The highest BCUT2D eigenvalue weighted by atomic mass is 32.2. The molecule has 1 aliphatic rings. The van der Waals surface area contributed by atoms with E-state index in [0.717, 1.165) is 12.8 Å². The molecule has 0 bridgehead atoms. The van der Waals surface area contributed by atoms with E-state index in [2.05, 4.69) is 5.32 Å². The van der Waals surface area contributed by atoms with Crippen LogP contribution in [0.15, 0.2) is 12.1 Å². The van der Waals surface area contributed by atoms with Gasteiger partial charge in [-0.05, 0) is 25.8 Å². The molecule has 0 radical (unpaired) electrons. The van der Waals surface area contributed by atoms with Gasteiger partial charge < -0.3 is 5.32 Å². The Morgan fingerprint density at radius 1 is 1.15 bits per heavy atom. The van der Waals surface area contributed by atoms with E-state index >= 15 is 0 Å². The monoisotopic (exact) mass is 308 g/mol. The van der Waals surface area contributed by atoms with Crippen LogP contribution in [0.2, 0.25) is 0 Å². The summed E-state index contributed by atoms with van der Waals surface area (Å²) in [5.74, 6) is -4.66. The van der Waals surface area contributed by atoms with Crippen LogP contribution in [-0.2, 0) is 10.0 Å². The average molecular weight is 308 g/mol. The quantitative estimate of drug-likeness (QED) is 0.598. The Bertz CT molecular complexity index is 565. The van der Waals surface area contributed by atoms with Crippen molar-refractivity contribution >= 4 is 15.7 Å². The molecule has 0 unspecified atom stereocenters. The SMILES string of the molecule is O=S(=O)(CCCNC1CC1)Nc1cc(F)c(F)c(F)c1. The van der Waals surface area contributed by atoms with E-state index in [1.54, 1.807) is 0 Å². The summed E-state index contributed by atoms with van der Waals surface area (Å²) in [6.07, 6.45) is 2.61. The first-order valence-corrected chi connectivity index (χ1v) is 7.91. The number of anilines is 1. The highest BCUT2D eigenvalue weighted by molar-refractivity contribution is 7.92. The first kappa shape index (κ1) is 15.1. The molecule has 1 fully saturated rings. The molecule has 4 nitrogen and oxygen atoms in total. The van der Waals surface area contributed by atoms with Gasteiger partial charge in [0.25, 0.3) is 0 Å². The molecule has 1 saturated carbocycles. The first-order valence-electron chi connectivity index (χ1n) is 6.26. The Morgan fingerprint density at radius 2 is 1.75 bits per heavy atom. The van der Waals surface area contributed by atoms with Crippen LogP contribution in [0.5, 0.6) is 0 Å². The molecular formula is C12H15F3N2O2S. The molecule has 2 rings (SSSR count). The Balaban J connectivity index is 1.89. The van der Waals surface area contributed by atoms with Crippen molar-refractivity contribution in [1.29, 1.82) is 0 Å². The minimum Gasteiger partial charge on any atom is -0.314 e. The lowest BCUT2D eigenvalue weighted by Gasteiger charge is -2.09. The predicted molar refractivity (Wildman–Crippen MR) is 69.4 cm³/mol. The molecule has 0 spiro atoms. The molecule has 112 valence electrons. The molecule has 0 saturated heterocycles. The Kier molecular flexibility index (Phi) is 4.54. The summed E-state index contributed by atoms with van der Waals surface area (Å²) in [5.41, 5.74) is -0.323. The second-order valence-corrected chi connectivity index (χ2v) is 6.60. The molecule has 1 aliphatic carbocycles. The van der Waals surface area contributed by atoms with Gasteiger partial charge in [0.1, 0.15) is 0 Å². The average Bonchev–Trinajstić information content (AvgIpc) is 3.15. The standard InChI is InChI=1S/C12H15F3N2O2S/c13-10-6-9(7-11(14)12(10)15)17-20(18,19)5-1-4-16-8-2-3-8/h6-8,16-17H,1-5H2. The van der Waals surface area contributed by atoms with Crippen LogP contribution in [0.1, 0.15) is 19.3 Å². The van der Waals surface area contributed by atoms with Gasteiger partial charge in [-0.2, -0.15) is 0 Å². The van der Waals surface area contributed by atoms with E-state index in [1.165, 1.54) is 0 Å². The largest absolute Gasteiger partial charge is 0.314 e. The van der Waals surface area contributed by atoms with Crippen LogP contribution in [0.4, 0.5) is 18.9 Å². The van der Waals surface area contributed by atoms with Crippen molar-refractivity contribution in [2.75, 3.05) is 17.0 Å². The van der Waals surface area contributed by atoms with Crippen molar-refractivity contribution in [2.24, 2.45) is 0 Å². The molecule has 0 atom stereocenters. The fourth-order valence-electron chi connectivity index (χ4n) is 1.70. The van der Waals surface area contributed by atoms with Crippen molar-refractivity contribution in [2.45, 2.75) is 25.3 Å². The Hall–Kier alpha value is -1.28. The van der Waals surface area contributed by atoms with E-state index in [-0.39, 0.29) is 11.4 Å². The molecule has 0 aromatic heterocycles. The van der Waals surface area contributed by atoms with Crippen LogP contribution in [0, 0.1) is 17.5 Å². The third-order valence-electron chi connectivity index (χ3n) is 2.86. The maximum absolute atomic E-state index is 13.0. The molecule has 0 amide bonds. The zero-order valence-electron chi connectivity index (χ0n) is 10.6. The lowest BCUT2D eigenvalue weighted by atomic mass is 10.3. The van der Waals surface area contributed by atoms with E-state index in [1.807, 2.05) is 4.72 Å². The highest BCUT2D eigenvalue weighted by Gasteiger charge is 2.20. The lowest BCUT2D eigenvalue weighted by Crippen LogP contribution is -2.23. The summed E-state index contributed by atoms with van der Waals surface area (Å²) in [6.45, 7) is 0.567. The number of nitrogens with one attached hydrogen (secondary N) is 2. The number of hydrogen-bond acceptors (Lipinski definition) is 3. The van der Waals surface area contributed by atoms with Crippen LogP contribution in [0.25, 0.3) is 0 Å². The van der Waals surface area contributed by atoms with Crippen LogP contribution in [-0.4, -0.2) is 26.8 Å². The zero-order valence-corrected chi connectivity index (χ0v) is 11.4. The summed E-state index contributed by atoms with van der Waals surface area (Å²) in [7, 11) is -3.70. The van der Waals surface area contributed by atoms with Crippen molar-refractivity contribution in [3.05, 3.63) is 29.6 Å². The number of hydrogen-bond donors (Lipinski definition) is 2. The molecule has 20 heavy (non-hydrogen) atoms. The van der Waals surface area contributed by atoms with Crippen LogP contribution < -0.4 is 10.0 Å². The number of benzene rings is 1. The first-order chi connectivity index (χ1) is 9.37. The maximum atomic E-state index is 13.0. The van der Waals surface area contributed by atoms with Crippen molar-refractivity contribution in [3.63, 3.8) is 0 Å². The second kappa shape index (κ2) is 6.01. The van der Waals surface area contributed by atoms with Gasteiger partial charge in [0.05, 0.1) is 11.4 Å². The van der Waals surface area contributed by atoms with Crippen molar-refractivity contribution in [1.82, 2.24) is 5.32 Å². The number of rotatable bonds is 7. The topological polar surface area (TPSA) is 58.2 Å². The molecule has 0 aliphatic heterocycles. The van der Waals surface area contributed by atoms with E-state index in [9.17, 15) is 21.6 Å². The van der Waals surface area contributed by atoms with Crippen molar-refractivity contribution < 1.29 is 21.6 Å². The summed E-state index contributed by atoms with van der Waals surface area (Å²) < 4.78 is 64.1. The lowest BCUT2D eigenvalue weighted by molar-refractivity contribution is 0.448. The second-order valence-electron chi connectivity index (χ2n) is 4.76. The van der Waals surface area contributed by atoms with Gasteiger partial charge in [-0.25, -0.2) is 21.6 Å². The van der Waals surface area contributed by atoms with Crippen LogP contribution >= 0.6 is 0 Å². The molecule has 8 heteroatoms. The van der Waals surface area contributed by atoms with Gasteiger partial charge in [0, 0.05) is 18.2 Å². The summed E-state index contributed by atoms with van der Waals surface area (Å²) in [5, 5.41) is 3.16. The zero-order chi connectivity index (χ0) is 14.8. The normalized spacial score (nSPS) is 15.3. The Labute approximate surface area is 115 Å². The van der Waals surface area contributed by atoms with Gasteiger partial charge in [-0.1, -0.05) is 0 Å². The van der Waals surface area contributed by atoms with Crippen LogP contribution in [0.3, 0.4) is 0 Å². The van der Waals surface area contributed by atoms with E-state index in [0.29, 0.717) is 31.1 Å². The third kappa shape index (κ3) is 4.38. The highest BCUT2D eigenvalue weighted by Crippen LogP contribution is 2.19. The van der Waals surface area contributed by atoms with Gasteiger partial charge in [0.2, 0.25) is 10.0 Å². The number of sulfonamides is 1. The Morgan fingerprint density at radius 3 is 2.30 bits per heavy atom. The minimum absolute atomic E-state index is 0.173. The van der Waals surface area contributed by atoms with Gasteiger partial charge in [0.15, 0.2) is 17.5 Å². The number of halogens is 3. The molecule has 0 heterocycles. The molecule has 1 aromatic rings. The minimum atomic E-state index is -3.70. The van der Waals surface area contributed by atoms with Gasteiger partial charge >= 0.3 is 0 Å². The van der Waals surface area contributed by atoms with Gasteiger partial charge in [-0.3, -0.25) is 4.72 Å². The molecule has 1 aromatic carbocycles. The van der Waals surface area contributed by atoms with Crippen molar-refractivity contribution in [3.8, 4) is 0 Å².